The van der Waals surface area contributed by atoms with Crippen LogP contribution in [0, 0.1) is 5.41 Å². The maximum absolute atomic E-state index is 12.1. The van der Waals surface area contributed by atoms with E-state index in [1.165, 1.54) is 7.11 Å². The first-order valence-corrected chi connectivity index (χ1v) is 6.09. The van der Waals surface area contributed by atoms with Crippen LogP contribution in [-0.2, 0) is 9.53 Å². The van der Waals surface area contributed by atoms with E-state index >= 15 is 0 Å². The van der Waals surface area contributed by atoms with Crippen molar-refractivity contribution in [3.8, 4) is 0 Å². The van der Waals surface area contributed by atoms with E-state index in [1.807, 2.05) is 0 Å². The van der Waals surface area contributed by atoms with Crippen LogP contribution in [0.25, 0.3) is 0 Å². The minimum absolute atomic E-state index is 0.332. The third kappa shape index (κ3) is 2.29. The molecule has 3 heteroatoms. The van der Waals surface area contributed by atoms with Crippen LogP contribution in [0.1, 0.15) is 38.5 Å². The number of esters is 1. The number of ether oxygens (including phenoxy) is 1. The Kier molecular flexibility index (Phi) is 4.52. The van der Waals surface area contributed by atoms with Crippen molar-refractivity contribution in [3.63, 3.8) is 0 Å². The molecule has 0 heterocycles. The second-order valence-electron chi connectivity index (χ2n) is 4.80. The van der Waals surface area contributed by atoms with Crippen molar-refractivity contribution in [3.05, 3.63) is 25.3 Å². The monoisotopic (exact) mass is 238 g/mol. The summed E-state index contributed by atoms with van der Waals surface area (Å²) < 4.78 is 4.91. The number of hydrogen-bond acceptors (Lipinski definition) is 3. The van der Waals surface area contributed by atoms with E-state index < -0.39 is 11.0 Å². The molecular weight excluding hydrogens is 216 g/mol. The van der Waals surface area contributed by atoms with Crippen LogP contribution in [0.4, 0.5) is 0 Å². The number of methoxy groups -OCH3 is 1. The molecule has 1 saturated carbocycles. The van der Waals surface area contributed by atoms with Crippen LogP contribution in [0.2, 0.25) is 0 Å². The zero-order valence-electron chi connectivity index (χ0n) is 10.6. The molecule has 2 unspecified atom stereocenters. The van der Waals surface area contributed by atoms with Gasteiger partial charge in [0.15, 0.2) is 0 Å². The second kappa shape index (κ2) is 5.50. The van der Waals surface area contributed by atoms with Gasteiger partial charge in [0.2, 0.25) is 0 Å². The van der Waals surface area contributed by atoms with Crippen LogP contribution in [0.15, 0.2) is 25.3 Å². The van der Waals surface area contributed by atoms with Gasteiger partial charge >= 0.3 is 5.97 Å². The number of hydrogen-bond donors (Lipinski definition) is 1. The topological polar surface area (TPSA) is 46.5 Å². The molecule has 0 aliphatic heterocycles. The van der Waals surface area contributed by atoms with Gasteiger partial charge in [-0.1, -0.05) is 25.0 Å². The van der Waals surface area contributed by atoms with Gasteiger partial charge in [-0.2, -0.15) is 0 Å². The third-order valence-corrected chi connectivity index (χ3v) is 3.89. The van der Waals surface area contributed by atoms with Crippen molar-refractivity contribution in [2.45, 2.75) is 44.1 Å². The number of rotatable bonds is 5. The molecule has 0 spiro atoms. The van der Waals surface area contributed by atoms with Crippen molar-refractivity contribution in [1.82, 2.24) is 0 Å². The molecule has 0 radical (unpaired) electrons. The van der Waals surface area contributed by atoms with Crippen molar-refractivity contribution >= 4 is 5.97 Å². The summed E-state index contributed by atoms with van der Waals surface area (Å²) in [5, 5.41) is 10.8. The Morgan fingerprint density at radius 3 is 2.41 bits per heavy atom. The Balaban J connectivity index is 3.16. The van der Waals surface area contributed by atoms with Gasteiger partial charge in [-0.15, -0.1) is 13.2 Å². The summed E-state index contributed by atoms with van der Waals surface area (Å²) in [5.74, 6) is -0.332. The Morgan fingerprint density at radius 1 is 1.29 bits per heavy atom. The van der Waals surface area contributed by atoms with Gasteiger partial charge in [-0.05, 0) is 25.7 Å². The lowest BCUT2D eigenvalue weighted by Gasteiger charge is -2.47. The average molecular weight is 238 g/mol. The standard InChI is InChI=1S/C14H22O3/c1-4-8-13(12(15)17-3)10-6-7-11-14(13,16)9-5-2/h4-5,16H,1-2,6-11H2,3H3. The zero-order valence-corrected chi connectivity index (χ0v) is 10.6. The molecule has 0 aromatic rings. The maximum Gasteiger partial charge on any atom is 0.315 e. The molecule has 17 heavy (non-hydrogen) atoms. The highest BCUT2D eigenvalue weighted by Crippen LogP contribution is 2.49. The lowest BCUT2D eigenvalue weighted by atomic mass is 9.60. The highest BCUT2D eigenvalue weighted by atomic mass is 16.5. The normalized spacial score (nSPS) is 32.8. The fraction of sp³-hybridized carbons (Fsp3) is 0.643. The molecule has 1 aliphatic rings. The van der Waals surface area contributed by atoms with Gasteiger partial charge in [0.1, 0.15) is 5.41 Å². The minimum atomic E-state index is -1.05. The van der Waals surface area contributed by atoms with E-state index in [0.29, 0.717) is 25.7 Å². The molecule has 2 atom stereocenters. The fourth-order valence-electron chi connectivity index (χ4n) is 2.96. The van der Waals surface area contributed by atoms with Gasteiger partial charge in [0, 0.05) is 0 Å². The summed E-state index contributed by atoms with van der Waals surface area (Å²) in [6.45, 7) is 7.37. The Labute approximate surface area is 103 Å². The van der Waals surface area contributed by atoms with Crippen molar-refractivity contribution in [1.29, 1.82) is 0 Å². The molecule has 0 bridgehead atoms. The summed E-state index contributed by atoms with van der Waals surface area (Å²) >= 11 is 0. The van der Waals surface area contributed by atoms with Crippen LogP contribution in [0.3, 0.4) is 0 Å². The predicted octanol–water partition coefficient (Wildman–Crippen LogP) is 2.60. The lowest BCUT2D eigenvalue weighted by Crippen LogP contribution is -2.55. The first-order chi connectivity index (χ1) is 8.06. The van der Waals surface area contributed by atoms with Crippen molar-refractivity contribution < 1.29 is 14.6 Å². The third-order valence-electron chi connectivity index (χ3n) is 3.89. The molecule has 0 amide bonds. The summed E-state index contributed by atoms with van der Waals surface area (Å²) in [6, 6.07) is 0. The second-order valence-corrected chi connectivity index (χ2v) is 4.80. The van der Waals surface area contributed by atoms with Crippen LogP contribution in [-0.4, -0.2) is 23.8 Å². The molecular formula is C14H22O3. The Bertz CT molecular complexity index is 311. The lowest BCUT2D eigenvalue weighted by molar-refractivity contribution is -0.180. The Hall–Kier alpha value is -1.09. The molecule has 0 aromatic heterocycles. The molecule has 0 saturated heterocycles. The van der Waals surface area contributed by atoms with E-state index in [-0.39, 0.29) is 5.97 Å². The predicted molar refractivity (Wildman–Crippen MR) is 67.5 cm³/mol. The van der Waals surface area contributed by atoms with E-state index in [2.05, 4.69) is 13.2 Å². The zero-order chi connectivity index (χ0) is 12.9. The minimum Gasteiger partial charge on any atom is -0.468 e. The highest BCUT2D eigenvalue weighted by molar-refractivity contribution is 5.79. The van der Waals surface area contributed by atoms with Gasteiger partial charge in [-0.25, -0.2) is 0 Å². The largest absolute Gasteiger partial charge is 0.468 e. The first kappa shape index (κ1) is 14.0. The van der Waals surface area contributed by atoms with Gasteiger partial charge in [0.25, 0.3) is 0 Å². The summed E-state index contributed by atoms with van der Waals surface area (Å²) in [7, 11) is 1.37. The van der Waals surface area contributed by atoms with Crippen molar-refractivity contribution in [2.24, 2.45) is 5.41 Å². The molecule has 1 fully saturated rings. The van der Waals surface area contributed by atoms with Crippen molar-refractivity contribution in [2.75, 3.05) is 7.11 Å². The van der Waals surface area contributed by atoms with Crippen LogP contribution < -0.4 is 0 Å². The smallest absolute Gasteiger partial charge is 0.315 e. The quantitative estimate of drug-likeness (QED) is 0.591. The number of aliphatic hydroxyl groups is 1. The molecule has 0 aromatic carbocycles. The number of carbonyl (C=O) groups is 1. The molecule has 1 rings (SSSR count). The first-order valence-electron chi connectivity index (χ1n) is 6.09. The number of carbonyl (C=O) groups excluding carboxylic acids is 1. The summed E-state index contributed by atoms with van der Waals surface area (Å²) in [5.41, 5.74) is -1.90. The van der Waals surface area contributed by atoms with E-state index in [9.17, 15) is 9.90 Å². The SMILES string of the molecule is C=CCC1(O)CCCCC1(CC=C)C(=O)OC. The molecule has 1 N–H and O–H groups in total. The van der Waals surface area contributed by atoms with E-state index in [4.69, 9.17) is 4.74 Å². The van der Waals surface area contributed by atoms with E-state index in [1.54, 1.807) is 12.2 Å². The van der Waals surface area contributed by atoms with Gasteiger partial charge < -0.3 is 9.84 Å². The van der Waals surface area contributed by atoms with Gasteiger partial charge in [-0.3, -0.25) is 4.79 Å². The Morgan fingerprint density at radius 2 is 1.88 bits per heavy atom. The fourth-order valence-corrected chi connectivity index (χ4v) is 2.96. The van der Waals surface area contributed by atoms with Gasteiger partial charge in [0.05, 0.1) is 12.7 Å². The summed E-state index contributed by atoms with van der Waals surface area (Å²) in [6.07, 6.45) is 7.35. The highest BCUT2D eigenvalue weighted by Gasteiger charge is 2.56. The van der Waals surface area contributed by atoms with Crippen LogP contribution in [0.5, 0.6) is 0 Å². The van der Waals surface area contributed by atoms with Crippen LogP contribution >= 0.6 is 0 Å². The molecule has 1 aliphatic carbocycles. The number of allylic oxidation sites excluding steroid dienone is 1. The maximum atomic E-state index is 12.1. The summed E-state index contributed by atoms with van der Waals surface area (Å²) in [4.78, 5) is 12.1. The molecule has 3 nitrogen and oxygen atoms in total. The molecule has 96 valence electrons. The van der Waals surface area contributed by atoms with E-state index in [0.717, 1.165) is 12.8 Å². The average Bonchev–Trinajstić information content (AvgIpc) is 2.32.